The van der Waals surface area contributed by atoms with E-state index in [1.807, 2.05) is 12.1 Å². The van der Waals surface area contributed by atoms with Crippen LogP contribution in [0.1, 0.15) is 31.2 Å². The van der Waals surface area contributed by atoms with Gasteiger partial charge in [0, 0.05) is 10.7 Å². The van der Waals surface area contributed by atoms with Crippen LogP contribution >= 0.6 is 31.9 Å². The Morgan fingerprint density at radius 3 is 2.28 bits per heavy atom. The fourth-order valence-corrected chi connectivity index (χ4v) is 5.29. The highest BCUT2D eigenvalue weighted by molar-refractivity contribution is 9.09. The van der Waals surface area contributed by atoms with Crippen molar-refractivity contribution in [3.8, 4) is 0 Å². The van der Waals surface area contributed by atoms with Crippen LogP contribution in [0.5, 0.6) is 0 Å². The molecule has 3 heteroatoms. The number of rotatable bonds is 5. The number of hydrogen-bond acceptors (Lipinski definition) is 0. The van der Waals surface area contributed by atoms with E-state index < -0.39 is 0 Å². The van der Waals surface area contributed by atoms with Crippen LogP contribution in [-0.4, -0.2) is 10.7 Å². The second-order valence-corrected chi connectivity index (χ2v) is 6.50. The molecule has 0 nitrogen and oxygen atoms in total. The molecule has 1 saturated carbocycles. The van der Waals surface area contributed by atoms with Gasteiger partial charge in [-0.15, -0.1) is 0 Å². The Morgan fingerprint density at radius 1 is 1.11 bits per heavy atom. The summed E-state index contributed by atoms with van der Waals surface area (Å²) in [4.78, 5) is 0. The molecule has 0 aromatic heterocycles. The number of alkyl halides is 2. The van der Waals surface area contributed by atoms with Crippen molar-refractivity contribution in [2.75, 3.05) is 10.7 Å². The standard InChI is InChI=1S/C15H19Br2F/c16-10-15(11-17,13-6-2-3-7-13)9-12-5-1-4-8-14(12)18/h1,4-5,8,13H,2-3,6-7,9-11H2. The van der Waals surface area contributed by atoms with Crippen LogP contribution in [0.15, 0.2) is 24.3 Å². The predicted octanol–water partition coefficient (Wildman–Crippen LogP) is 5.33. The molecule has 100 valence electrons. The molecule has 1 aromatic rings. The van der Waals surface area contributed by atoms with E-state index in [1.54, 1.807) is 12.1 Å². The monoisotopic (exact) mass is 376 g/mol. The molecule has 1 aliphatic rings. The average Bonchev–Trinajstić information content (AvgIpc) is 2.93. The summed E-state index contributed by atoms with van der Waals surface area (Å²) < 4.78 is 13.8. The molecule has 1 fully saturated rings. The van der Waals surface area contributed by atoms with Gasteiger partial charge in [0.15, 0.2) is 0 Å². The van der Waals surface area contributed by atoms with Crippen LogP contribution < -0.4 is 0 Å². The molecule has 0 amide bonds. The molecule has 0 bridgehead atoms. The van der Waals surface area contributed by atoms with Crippen LogP contribution in [0.3, 0.4) is 0 Å². The Bertz CT molecular complexity index is 382. The Balaban J connectivity index is 2.22. The third kappa shape index (κ3) is 2.98. The molecule has 18 heavy (non-hydrogen) atoms. The van der Waals surface area contributed by atoms with E-state index in [-0.39, 0.29) is 11.2 Å². The average molecular weight is 378 g/mol. The van der Waals surface area contributed by atoms with Gasteiger partial charge in [0.2, 0.25) is 0 Å². The maximum absolute atomic E-state index is 13.8. The van der Waals surface area contributed by atoms with Gasteiger partial charge in [0.25, 0.3) is 0 Å². The van der Waals surface area contributed by atoms with E-state index >= 15 is 0 Å². The van der Waals surface area contributed by atoms with E-state index in [0.29, 0.717) is 5.92 Å². The SMILES string of the molecule is Fc1ccccc1CC(CBr)(CBr)C1CCCC1. The topological polar surface area (TPSA) is 0 Å². The fourth-order valence-electron chi connectivity index (χ4n) is 3.05. The van der Waals surface area contributed by atoms with Crippen molar-refractivity contribution < 1.29 is 4.39 Å². The molecule has 0 aliphatic heterocycles. The normalized spacial score (nSPS) is 17.3. The molecule has 0 atom stereocenters. The highest BCUT2D eigenvalue weighted by Crippen LogP contribution is 2.45. The summed E-state index contributed by atoms with van der Waals surface area (Å²) in [6.45, 7) is 0. The first-order valence-electron chi connectivity index (χ1n) is 6.57. The van der Waals surface area contributed by atoms with Crippen molar-refractivity contribution in [2.45, 2.75) is 32.1 Å². The molecule has 1 aliphatic carbocycles. The second kappa shape index (κ2) is 6.51. The third-order valence-electron chi connectivity index (χ3n) is 4.25. The van der Waals surface area contributed by atoms with E-state index in [2.05, 4.69) is 31.9 Å². The molecular weight excluding hydrogens is 359 g/mol. The van der Waals surface area contributed by atoms with Crippen LogP contribution in [0.4, 0.5) is 4.39 Å². The second-order valence-electron chi connectivity index (χ2n) is 5.38. The molecule has 2 rings (SSSR count). The minimum atomic E-state index is -0.0678. The zero-order chi connectivity index (χ0) is 13.0. The van der Waals surface area contributed by atoms with Crippen molar-refractivity contribution >= 4 is 31.9 Å². The number of halogens is 3. The molecular formula is C15H19Br2F. The molecule has 0 spiro atoms. The summed E-state index contributed by atoms with van der Waals surface area (Å²) in [6, 6.07) is 7.18. The van der Waals surface area contributed by atoms with E-state index in [0.717, 1.165) is 22.6 Å². The van der Waals surface area contributed by atoms with Gasteiger partial charge in [0.1, 0.15) is 5.82 Å². The summed E-state index contributed by atoms with van der Waals surface area (Å²) >= 11 is 7.35. The van der Waals surface area contributed by atoms with Gasteiger partial charge in [-0.05, 0) is 42.2 Å². The predicted molar refractivity (Wildman–Crippen MR) is 82.1 cm³/mol. The van der Waals surface area contributed by atoms with Gasteiger partial charge in [-0.3, -0.25) is 0 Å². The zero-order valence-corrected chi connectivity index (χ0v) is 13.6. The molecule has 0 saturated heterocycles. The summed E-state index contributed by atoms with van der Waals surface area (Å²) in [5.41, 5.74) is 1.00. The lowest BCUT2D eigenvalue weighted by Gasteiger charge is -2.36. The molecule has 0 heterocycles. The van der Waals surface area contributed by atoms with Gasteiger partial charge in [-0.25, -0.2) is 4.39 Å². The number of hydrogen-bond donors (Lipinski definition) is 0. The number of benzene rings is 1. The van der Waals surface area contributed by atoms with E-state index in [1.165, 1.54) is 25.7 Å². The third-order valence-corrected chi connectivity index (χ3v) is 6.49. The van der Waals surface area contributed by atoms with Crippen molar-refractivity contribution in [2.24, 2.45) is 11.3 Å². The summed E-state index contributed by atoms with van der Waals surface area (Å²) in [6.07, 6.45) is 6.03. The zero-order valence-electron chi connectivity index (χ0n) is 10.5. The largest absolute Gasteiger partial charge is 0.207 e. The van der Waals surface area contributed by atoms with E-state index in [9.17, 15) is 4.39 Å². The molecule has 0 unspecified atom stereocenters. The van der Waals surface area contributed by atoms with Gasteiger partial charge in [-0.2, -0.15) is 0 Å². The highest BCUT2D eigenvalue weighted by Gasteiger charge is 2.39. The lowest BCUT2D eigenvalue weighted by Crippen LogP contribution is -2.35. The van der Waals surface area contributed by atoms with Crippen LogP contribution in [0.2, 0.25) is 0 Å². The van der Waals surface area contributed by atoms with Gasteiger partial charge in [-0.1, -0.05) is 62.9 Å². The quantitative estimate of drug-likeness (QED) is 0.608. The van der Waals surface area contributed by atoms with Crippen molar-refractivity contribution in [1.82, 2.24) is 0 Å². The smallest absolute Gasteiger partial charge is 0.126 e. The lowest BCUT2D eigenvalue weighted by molar-refractivity contribution is 0.230. The van der Waals surface area contributed by atoms with Crippen molar-refractivity contribution in [1.29, 1.82) is 0 Å². The summed E-state index contributed by atoms with van der Waals surface area (Å²) in [7, 11) is 0. The Labute approximate surface area is 126 Å². The summed E-state index contributed by atoms with van der Waals surface area (Å²) in [5.74, 6) is 0.637. The molecule has 0 radical (unpaired) electrons. The molecule has 0 N–H and O–H groups in total. The van der Waals surface area contributed by atoms with E-state index in [4.69, 9.17) is 0 Å². The lowest BCUT2D eigenvalue weighted by atomic mass is 9.73. The minimum Gasteiger partial charge on any atom is -0.207 e. The maximum atomic E-state index is 13.8. The van der Waals surface area contributed by atoms with Gasteiger partial charge < -0.3 is 0 Å². The van der Waals surface area contributed by atoms with Crippen LogP contribution in [0.25, 0.3) is 0 Å². The van der Waals surface area contributed by atoms with Crippen LogP contribution in [-0.2, 0) is 6.42 Å². The summed E-state index contributed by atoms with van der Waals surface area (Å²) in [5, 5.41) is 1.87. The fraction of sp³-hybridized carbons (Fsp3) is 0.600. The van der Waals surface area contributed by atoms with Gasteiger partial charge >= 0.3 is 0 Å². The maximum Gasteiger partial charge on any atom is 0.126 e. The first-order chi connectivity index (χ1) is 8.72. The van der Waals surface area contributed by atoms with Crippen LogP contribution in [0, 0.1) is 17.2 Å². The Morgan fingerprint density at radius 2 is 1.72 bits per heavy atom. The first-order valence-corrected chi connectivity index (χ1v) is 8.81. The Hall–Kier alpha value is 0.110. The Kier molecular flexibility index (Phi) is 5.25. The van der Waals surface area contributed by atoms with Crippen molar-refractivity contribution in [3.05, 3.63) is 35.6 Å². The van der Waals surface area contributed by atoms with Crippen molar-refractivity contribution in [3.63, 3.8) is 0 Å². The van der Waals surface area contributed by atoms with Gasteiger partial charge in [0.05, 0.1) is 0 Å². The minimum absolute atomic E-state index is 0.0678. The molecule has 1 aromatic carbocycles. The first kappa shape index (κ1) is 14.5. The highest BCUT2D eigenvalue weighted by atomic mass is 79.9.